The third kappa shape index (κ3) is 2.08. The van der Waals surface area contributed by atoms with Crippen LogP contribution in [0.25, 0.3) is 11.1 Å². The van der Waals surface area contributed by atoms with Gasteiger partial charge in [0.1, 0.15) is 5.75 Å². The molecule has 2 aromatic carbocycles. The number of rotatable bonds is 2. The standard InChI is InChI=1S/C19H19NO2/c1-22-17-7-4-13(5-8-17)16-11-14-3-2-10-20-18(21)9-6-15(12-16)19(14)20/h4-5,7-8,11-12H,2-3,6,9-10H2,1H3. The highest BCUT2D eigenvalue weighted by molar-refractivity contribution is 5.98. The van der Waals surface area contributed by atoms with Crippen LogP contribution < -0.4 is 9.64 Å². The number of anilines is 1. The molecule has 0 fully saturated rings. The van der Waals surface area contributed by atoms with Crippen LogP contribution in [0.3, 0.4) is 0 Å². The lowest BCUT2D eigenvalue weighted by Gasteiger charge is -2.35. The van der Waals surface area contributed by atoms with Gasteiger partial charge in [-0.05, 0) is 65.8 Å². The van der Waals surface area contributed by atoms with E-state index in [-0.39, 0.29) is 5.91 Å². The molecule has 3 heteroatoms. The van der Waals surface area contributed by atoms with Crippen LogP contribution in [0, 0.1) is 0 Å². The Hall–Kier alpha value is -2.29. The van der Waals surface area contributed by atoms with Crippen molar-refractivity contribution in [2.45, 2.75) is 25.7 Å². The number of aryl methyl sites for hydroxylation is 2. The molecule has 2 aliphatic rings. The number of ether oxygens (including phenoxy) is 1. The molecular weight excluding hydrogens is 274 g/mol. The number of methoxy groups -OCH3 is 1. The molecule has 0 spiro atoms. The van der Waals surface area contributed by atoms with Crippen molar-refractivity contribution in [3.8, 4) is 16.9 Å². The van der Waals surface area contributed by atoms with Crippen LogP contribution in [0.4, 0.5) is 5.69 Å². The topological polar surface area (TPSA) is 29.5 Å². The zero-order valence-electron chi connectivity index (χ0n) is 12.8. The molecule has 0 aromatic heterocycles. The van der Waals surface area contributed by atoms with Crippen molar-refractivity contribution in [3.63, 3.8) is 0 Å². The lowest BCUT2D eigenvalue weighted by Crippen LogP contribution is -2.39. The third-order valence-electron chi connectivity index (χ3n) is 4.70. The number of benzene rings is 2. The van der Waals surface area contributed by atoms with Crippen LogP contribution >= 0.6 is 0 Å². The lowest BCUT2D eigenvalue weighted by atomic mass is 9.88. The summed E-state index contributed by atoms with van der Waals surface area (Å²) in [7, 11) is 1.68. The molecule has 0 saturated heterocycles. The Morgan fingerprint density at radius 3 is 2.41 bits per heavy atom. The van der Waals surface area contributed by atoms with Crippen LogP contribution in [0.2, 0.25) is 0 Å². The van der Waals surface area contributed by atoms with Crippen molar-refractivity contribution >= 4 is 11.6 Å². The predicted octanol–water partition coefficient (Wildman–Crippen LogP) is 3.59. The van der Waals surface area contributed by atoms with Crippen molar-refractivity contribution in [1.82, 2.24) is 0 Å². The van der Waals surface area contributed by atoms with Crippen LogP contribution in [0.5, 0.6) is 5.75 Å². The summed E-state index contributed by atoms with van der Waals surface area (Å²) < 4.78 is 5.23. The largest absolute Gasteiger partial charge is 0.497 e. The zero-order valence-corrected chi connectivity index (χ0v) is 12.8. The minimum Gasteiger partial charge on any atom is -0.497 e. The van der Waals surface area contributed by atoms with Crippen molar-refractivity contribution in [3.05, 3.63) is 47.5 Å². The molecule has 0 aliphatic carbocycles. The number of hydrogen-bond acceptors (Lipinski definition) is 2. The van der Waals surface area contributed by atoms with E-state index in [1.807, 2.05) is 17.0 Å². The number of carbonyl (C=O) groups excluding carboxylic acids is 1. The van der Waals surface area contributed by atoms with Crippen molar-refractivity contribution < 1.29 is 9.53 Å². The van der Waals surface area contributed by atoms with Gasteiger partial charge in [0.2, 0.25) is 5.91 Å². The summed E-state index contributed by atoms with van der Waals surface area (Å²) in [6.07, 6.45) is 3.63. The van der Waals surface area contributed by atoms with Crippen LogP contribution in [-0.2, 0) is 17.6 Å². The van der Waals surface area contributed by atoms with Gasteiger partial charge >= 0.3 is 0 Å². The van der Waals surface area contributed by atoms with E-state index in [0.717, 1.165) is 31.6 Å². The summed E-state index contributed by atoms with van der Waals surface area (Å²) >= 11 is 0. The van der Waals surface area contributed by atoms with E-state index >= 15 is 0 Å². The summed E-state index contributed by atoms with van der Waals surface area (Å²) in [4.78, 5) is 14.1. The first-order valence-corrected chi connectivity index (χ1v) is 7.87. The fraction of sp³-hybridized carbons (Fsp3) is 0.316. The Labute approximate surface area is 130 Å². The van der Waals surface area contributed by atoms with Gasteiger partial charge in [-0.1, -0.05) is 12.1 Å². The predicted molar refractivity (Wildman–Crippen MR) is 87.4 cm³/mol. The summed E-state index contributed by atoms with van der Waals surface area (Å²) in [5, 5.41) is 0. The molecule has 3 nitrogen and oxygen atoms in total. The molecule has 2 aliphatic heterocycles. The summed E-state index contributed by atoms with van der Waals surface area (Å²) in [5.74, 6) is 1.16. The molecule has 22 heavy (non-hydrogen) atoms. The SMILES string of the molecule is COc1ccc(-c2cc3c4c(c2)CCC(=O)N4CCC3)cc1. The van der Waals surface area contributed by atoms with Gasteiger partial charge in [0.25, 0.3) is 0 Å². The van der Waals surface area contributed by atoms with E-state index in [9.17, 15) is 4.79 Å². The molecule has 0 atom stereocenters. The molecule has 0 saturated carbocycles. The Kier molecular flexibility index (Phi) is 3.14. The third-order valence-corrected chi connectivity index (χ3v) is 4.70. The average Bonchev–Trinajstić information content (AvgIpc) is 2.58. The van der Waals surface area contributed by atoms with Crippen molar-refractivity contribution in [1.29, 1.82) is 0 Å². The molecule has 4 rings (SSSR count). The highest BCUT2D eigenvalue weighted by Gasteiger charge is 2.29. The summed E-state index contributed by atoms with van der Waals surface area (Å²) in [6.45, 7) is 0.876. The van der Waals surface area contributed by atoms with Gasteiger partial charge in [-0.15, -0.1) is 0 Å². The van der Waals surface area contributed by atoms with Crippen LogP contribution in [-0.4, -0.2) is 19.6 Å². The molecule has 0 radical (unpaired) electrons. The number of nitrogens with zero attached hydrogens (tertiary/aromatic N) is 1. The lowest BCUT2D eigenvalue weighted by molar-refractivity contribution is -0.119. The maximum absolute atomic E-state index is 12.1. The van der Waals surface area contributed by atoms with E-state index in [1.165, 1.54) is 27.9 Å². The first-order chi connectivity index (χ1) is 10.8. The first-order valence-electron chi connectivity index (χ1n) is 7.87. The van der Waals surface area contributed by atoms with Crippen molar-refractivity contribution in [2.24, 2.45) is 0 Å². The van der Waals surface area contributed by atoms with Gasteiger partial charge in [0.05, 0.1) is 12.8 Å². The van der Waals surface area contributed by atoms with Gasteiger partial charge in [0, 0.05) is 13.0 Å². The van der Waals surface area contributed by atoms with Crippen LogP contribution in [0.1, 0.15) is 24.0 Å². The maximum Gasteiger partial charge on any atom is 0.227 e. The summed E-state index contributed by atoms with van der Waals surface area (Å²) in [5.41, 5.74) is 6.28. The molecule has 2 aromatic rings. The van der Waals surface area contributed by atoms with Crippen LogP contribution in [0.15, 0.2) is 36.4 Å². The zero-order chi connectivity index (χ0) is 15.1. The highest BCUT2D eigenvalue weighted by atomic mass is 16.5. The Bertz CT molecular complexity index is 717. The van der Waals surface area contributed by atoms with Crippen molar-refractivity contribution in [2.75, 3.05) is 18.6 Å². The second-order valence-electron chi connectivity index (χ2n) is 6.02. The van der Waals surface area contributed by atoms with Gasteiger partial charge in [-0.3, -0.25) is 4.79 Å². The maximum atomic E-state index is 12.1. The van der Waals surface area contributed by atoms with Gasteiger partial charge < -0.3 is 9.64 Å². The molecule has 0 N–H and O–H groups in total. The Morgan fingerprint density at radius 2 is 1.68 bits per heavy atom. The van der Waals surface area contributed by atoms with Gasteiger partial charge in [-0.2, -0.15) is 0 Å². The first kappa shape index (κ1) is 13.4. The fourth-order valence-corrected chi connectivity index (χ4v) is 3.60. The van der Waals surface area contributed by atoms with E-state index in [2.05, 4.69) is 24.3 Å². The Morgan fingerprint density at radius 1 is 0.955 bits per heavy atom. The fourth-order valence-electron chi connectivity index (χ4n) is 3.60. The highest BCUT2D eigenvalue weighted by Crippen LogP contribution is 2.39. The monoisotopic (exact) mass is 293 g/mol. The summed E-state index contributed by atoms with van der Waals surface area (Å²) in [6, 6.07) is 12.7. The quantitative estimate of drug-likeness (QED) is 0.847. The molecule has 2 heterocycles. The van der Waals surface area contributed by atoms with E-state index < -0.39 is 0 Å². The molecule has 1 amide bonds. The minimum absolute atomic E-state index is 0.283. The van der Waals surface area contributed by atoms with E-state index in [1.54, 1.807) is 7.11 Å². The second-order valence-corrected chi connectivity index (χ2v) is 6.02. The molecule has 112 valence electrons. The normalized spacial score (nSPS) is 16.4. The van der Waals surface area contributed by atoms with Gasteiger partial charge in [0.15, 0.2) is 0 Å². The molecule has 0 unspecified atom stereocenters. The number of carbonyl (C=O) groups is 1. The van der Waals surface area contributed by atoms with E-state index in [0.29, 0.717) is 6.42 Å². The number of amides is 1. The minimum atomic E-state index is 0.283. The smallest absolute Gasteiger partial charge is 0.227 e. The molecular formula is C19H19NO2. The van der Waals surface area contributed by atoms with Gasteiger partial charge in [-0.25, -0.2) is 0 Å². The average molecular weight is 293 g/mol. The second kappa shape index (κ2) is 5.16. The molecule has 0 bridgehead atoms. The Balaban J connectivity index is 1.81. The number of hydrogen-bond donors (Lipinski definition) is 0. The van der Waals surface area contributed by atoms with E-state index in [4.69, 9.17) is 4.74 Å².